The van der Waals surface area contributed by atoms with Gasteiger partial charge in [-0.2, -0.15) is 4.72 Å². The molecule has 3 N–H and O–H groups in total. The summed E-state index contributed by atoms with van der Waals surface area (Å²) in [6.45, 7) is 3.86. The summed E-state index contributed by atoms with van der Waals surface area (Å²) in [5.74, 6) is -0.743. The molecule has 1 aromatic heterocycles. The van der Waals surface area contributed by atoms with Crippen molar-refractivity contribution in [3.8, 4) is 11.1 Å². The van der Waals surface area contributed by atoms with E-state index >= 15 is 0 Å². The van der Waals surface area contributed by atoms with E-state index in [1.54, 1.807) is 26.0 Å². The zero-order valence-corrected chi connectivity index (χ0v) is 19.7. The molecule has 0 aliphatic carbocycles. The van der Waals surface area contributed by atoms with Gasteiger partial charge >= 0.3 is 5.97 Å². The number of aliphatic carboxylic acids is 1. The van der Waals surface area contributed by atoms with Gasteiger partial charge in [-0.1, -0.05) is 56.3 Å². The number of rotatable bonds is 9. The minimum Gasteiger partial charge on any atom is -0.480 e. The highest BCUT2D eigenvalue weighted by Crippen LogP contribution is 2.24. The van der Waals surface area contributed by atoms with Crippen LogP contribution in [-0.4, -0.2) is 25.5 Å². The molecular formula is C26H26N2O5S. The van der Waals surface area contributed by atoms with Gasteiger partial charge in [0.15, 0.2) is 0 Å². The van der Waals surface area contributed by atoms with Gasteiger partial charge in [0.2, 0.25) is 10.0 Å². The summed E-state index contributed by atoms with van der Waals surface area (Å²) < 4.78 is 33.3. The molecule has 7 nitrogen and oxygen atoms in total. The molecule has 1 atom stereocenters. The van der Waals surface area contributed by atoms with Crippen LogP contribution in [-0.2, 0) is 21.4 Å². The van der Waals surface area contributed by atoms with E-state index in [0.29, 0.717) is 6.54 Å². The molecule has 176 valence electrons. The molecule has 0 aliphatic heterocycles. The Balaban J connectivity index is 1.42. The molecule has 0 unspecified atom stereocenters. The van der Waals surface area contributed by atoms with Crippen LogP contribution in [0.3, 0.4) is 0 Å². The summed E-state index contributed by atoms with van der Waals surface area (Å²) in [5, 5.41) is 13.7. The lowest BCUT2D eigenvalue weighted by molar-refractivity contribution is -0.140. The Morgan fingerprint density at radius 2 is 1.56 bits per heavy atom. The quantitative estimate of drug-likeness (QED) is 0.309. The third kappa shape index (κ3) is 5.30. The largest absolute Gasteiger partial charge is 0.480 e. The Labute approximate surface area is 198 Å². The molecule has 8 heteroatoms. The van der Waals surface area contributed by atoms with Crippen LogP contribution in [0.1, 0.15) is 19.6 Å². The van der Waals surface area contributed by atoms with Crippen LogP contribution >= 0.6 is 0 Å². The van der Waals surface area contributed by atoms with Gasteiger partial charge in [-0.3, -0.25) is 4.79 Å². The zero-order valence-electron chi connectivity index (χ0n) is 18.9. The van der Waals surface area contributed by atoms with E-state index in [1.165, 1.54) is 12.1 Å². The summed E-state index contributed by atoms with van der Waals surface area (Å²) in [6.07, 6.45) is 0. The number of carboxylic acid groups (broad SMARTS) is 1. The second-order valence-corrected chi connectivity index (χ2v) is 10.1. The van der Waals surface area contributed by atoms with Crippen LogP contribution in [0.15, 0.2) is 88.2 Å². The number of carbonyl (C=O) groups is 1. The summed E-state index contributed by atoms with van der Waals surface area (Å²) in [5.41, 5.74) is 3.57. The van der Waals surface area contributed by atoms with Crippen LogP contribution in [0, 0.1) is 5.92 Å². The summed E-state index contributed by atoms with van der Waals surface area (Å²) in [7, 11) is -3.95. The number of anilines is 1. The first kappa shape index (κ1) is 23.5. The maximum Gasteiger partial charge on any atom is 0.322 e. The summed E-state index contributed by atoms with van der Waals surface area (Å²) in [4.78, 5) is 11.4. The standard InChI is InChI=1S/C26H26N2O5S/c1-17(2)25(26(29)30)28-34(31,32)23-13-9-19(10-14-23)18-7-11-21(12-8-18)27-16-22-15-20-5-3-4-6-24(20)33-22/h3-15,17,25,27-28H,16H2,1-2H3,(H,29,30)/t25-/m0/s1. The summed E-state index contributed by atoms with van der Waals surface area (Å²) >= 11 is 0. The lowest BCUT2D eigenvalue weighted by Crippen LogP contribution is -2.44. The highest BCUT2D eigenvalue weighted by atomic mass is 32.2. The van der Waals surface area contributed by atoms with Gasteiger partial charge in [-0.15, -0.1) is 0 Å². The monoisotopic (exact) mass is 478 g/mol. The molecule has 0 amide bonds. The van der Waals surface area contributed by atoms with Crippen molar-refractivity contribution in [2.24, 2.45) is 5.92 Å². The van der Waals surface area contributed by atoms with Gasteiger partial charge in [0.05, 0.1) is 11.4 Å². The van der Waals surface area contributed by atoms with Crippen molar-refractivity contribution in [2.45, 2.75) is 31.3 Å². The molecule has 3 aromatic carbocycles. The molecule has 4 rings (SSSR count). The van der Waals surface area contributed by atoms with E-state index in [4.69, 9.17) is 4.42 Å². The number of carboxylic acids is 1. The predicted molar refractivity (Wildman–Crippen MR) is 132 cm³/mol. The number of nitrogens with one attached hydrogen (secondary N) is 2. The molecule has 0 aliphatic rings. The highest BCUT2D eigenvalue weighted by Gasteiger charge is 2.27. The van der Waals surface area contributed by atoms with Crippen LogP contribution in [0.25, 0.3) is 22.1 Å². The topological polar surface area (TPSA) is 109 Å². The van der Waals surface area contributed by atoms with Crippen molar-refractivity contribution in [3.05, 3.63) is 84.6 Å². The van der Waals surface area contributed by atoms with E-state index in [0.717, 1.165) is 33.5 Å². The van der Waals surface area contributed by atoms with E-state index in [9.17, 15) is 18.3 Å². The molecular weight excluding hydrogens is 452 g/mol. The van der Waals surface area contributed by atoms with Crippen molar-refractivity contribution in [1.29, 1.82) is 0 Å². The van der Waals surface area contributed by atoms with Crippen molar-refractivity contribution in [1.82, 2.24) is 4.72 Å². The Morgan fingerprint density at radius 1 is 0.941 bits per heavy atom. The smallest absolute Gasteiger partial charge is 0.322 e. The Bertz CT molecular complexity index is 1360. The SMILES string of the molecule is CC(C)[C@H](NS(=O)(=O)c1ccc(-c2ccc(NCc3cc4ccccc4o3)cc2)cc1)C(=O)O. The van der Waals surface area contributed by atoms with Crippen LogP contribution in [0.2, 0.25) is 0 Å². The number of furan rings is 1. The molecule has 4 aromatic rings. The van der Waals surface area contributed by atoms with Crippen molar-refractivity contribution >= 4 is 32.6 Å². The fourth-order valence-corrected chi connectivity index (χ4v) is 4.96. The van der Waals surface area contributed by atoms with Crippen molar-refractivity contribution in [3.63, 3.8) is 0 Å². The second-order valence-electron chi connectivity index (χ2n) is 8.39. The van der Waals surface area contributed by atoms with Gasteiger partial charge in [-0.25, -0.2) is 8.42 Å². The predicted octanol–water partition coefficient (Wildman–Crippen LogP) is 5.10. The maximum absolute atomic E-state index is 12.6. The maximum atomic E-state index is 12.6. The number of fused-ring (bicyclic) bond motifs is 1. The molecule has 0 radical (unpaired) electrons. The first-order chi connectivity index (χ1) is 16.2. The van der Waals surface area contributed by atoms with E-state index in [2.05, 4.69) is 10.0 Å². The fraction of sp³-hybridized carbons (Fsp3) is 0.192. The first-order valence-electron chi connectivity index (χ1n) is 10.9. The number of para-hydroxylation sites is 1. The number of benzene rings is 3. The van der Waals surface area contributed by atoms with Crippen LogP contribution in [0.4, 0.5) is 5.69 Å². The molecule has 0 saturated heterocycles. The highest BCUT2D eigenvalue weighted by molar-refractivity contribution is 7.89. The van der Waals surface area contributed by atoms with E-state index < -0.39 is 22.0 Å². The minimum atomic E-state index is -3.95. The first-order valence-corrected chi connectivity index (χ1v) is 12.4. The minimum absolute atomic E-state index is 0.0206. The molecule has 0 saturated carbocycles. The molecule has 0 spiro atoms. The average molecular weight is 479 g/mol. The fourth-order valence-electron chi connectivity index (χ4n) is 3.63. The zero-order chi connectivity index (χ0) is 24.3. The van der Waals surface area contributed by atoms with Gasteiger partial charge < -0.3 is 14.8 Å². The average Bonchev–Trinajstić information content (AvgIpc) is 3.24. The normalized spacial score (nSPS) is 12.7. The van der Waals surface area contributed by atoms with E-state index in [-0.39, 0.29) is 10.8 Å². The number of hydrogen-bond donors (Lipinski definition) is 3. The lowest BCUT2D eigenvalue weighted by Gasteiger charge is -2.18. The molecule has 34 heavy (non-hydrogen) atoms. The second kappa shape index (κ2) is 9.70. The van der Waals surface area contributed by atoms with Crippen LogP contribution < -0.4 is 10.0 Å². The third-order valence-electron chi connectivity index (χ3n) is 5.54. The number of sulfonamides is 1. The third-order valence-corrected chi connectivity index (χ3v) is 7.00. The van der Waals surface area contributed by atoms with Crippen LogP contribution in [0.5, 0.6) is 0 Å². The Kier molecular flexibility index (Phi) is 6.72. The molecule has 1 heterocycles. The van der Waals surface area contributed by atoms with Gasteiger partial charge in [0.1, 0.15) is 17.4 Å². The van der Waals surface area contributed by atoms with Gasteiger partial charge in [-0.05, 0) is 53.4 Å². The lowest BCUT2D eigenvalue weighted by atomic mass is 10.1. The van der Waals surface area contributed by atoms with Gasteiger partial charge in [0.25, 0.3) is 0 Å². The number of hydrogen-bond acceptors (Lipinski definition) is 5. The van der Waals surface area contributed by atoms with Gasteiger partial charge in [0, 0.05) is 11.1 Å². The Hall–Kier alpha value is -3.62. The van der Waals surface area contributed by atoms with Crippen molar-refractivity contribution in [2.75, 3.05) is 5.32 Å². The van der Waals surface area contributed by atoms with Crippen molar-refractivity contribution < 1.29 is 22.7 Å². The molecule has 0 fully saturated rings. The Morgan fingerprint density at radius 3 is 2.15 bits per heavy atom. The summed E-state index contributed by atoms with van der Waals surface area (Å²) in [6, 6.07) is 22.8. The van der Waals surface area contributed by atoms with E-state index in [1.807, 2.05) is 54.6 Å². The molecule has 0 bridgehead atoms.